The van der Waals surface area contributed by atoms with Crippen LogP contribution in [-0.2, 0) is 6.61 Å². The first-order valence-electron chi connectivity index (χ1n) is 12.3. The zero-order valence-electron chi connectivity index (χ0n) is 21.9. The molecule has 0 radical (unpaired) electrons. The number of nitrogens with one attached hydrogen (secondary N) is 3. The van der Waals surface area contributed by atoms with Crippen LogP contribution in [0, 0.1) is 17.3 Å². The number of guanidine groups is 1. The predicted molar refractivity (Wildman–Crippen MR) is 152 cm³/mol. The lowest BCUT2D eigenvalue weighted by Gasteiger charge is -2.15. The SMILES string of the molecule is C/N=C(/NC#N)NCCCOc1cc2c(Nc3ccc(OCc4cccc(F)c4)c(Cl)c3)ncnc2cc1OC. The molecule has 3 aromatic carbocycles. The zero-order valence-corrected chi connectivity index (χ0v) is 22.6. The maximum absolute atomic E-state index is 13.4. The molecular formula is C28H27ClFN7O3. The van der Waals surface area contributed by atoms with E-state index in [9.17, 15) is 4.39 Å². The smallest absolute Gasteiger partial charge is 0.204 e. The number of nitriles is 1. The molecule has 0 saturated carbocycles. The van der Waals surface area contributed by atoms with Crippen LogP contribution < -0.4 is 30.2 Å². The van der Waals surface area contributed by atoms with Crippen molar-refractivity contribution in [3.63, 3.8) is 0 Å². The number of hydrogen-bond acceptors (Lipinski definition) is 8. The van der Waals surface area contributed by atoms with Crippen molar-refractivity contribution in [2.75, 3.05) is 32.6 Å². The second-order valence-corrected chi connectivity index (χ2v) is 8.78. The van der Waals surface area contributed by atoms with E-state index >= 15 is 0 Å². The molecule has 12 heteroatoms. The fourth-order valence-corrected chi connectivity index (χ4v) is 3.98. The van der Waals surface area contributed by atoms with E-state index < -0.39 is 0 Å². The minimum Gasteiger partial charge on any atom is -0.493 e. The maximum Gasteiger partial charge on any atom is 0.204 e. The molecule has 0 bridgehead atoms. The van der Waals surface area contributed by atoms with Crippen LogP contribution in [0.15, 0.2) is 65.9 Å². The van der Waals surface area contributed by atoms with Gasteiger partial charge in [0, 0.05) is 30.7 Å². The molecule has 0 saturated heterocycles. The highest BCUT2D eigenvalue weighted by Crippen LogP contribution is 2.36. The van der Waals surface area contributed by atoms with Crippen LogP contribution in [0.2, 0.25) is 5.02 Å². The van der Waals surface area contributed by atoms with E-state index in [4.69, 9.17) is 31.1 Å². The van der Waals surface area contributed by atoms with Crippen molar-refractivity contribution >= 4 is 40.0 Å². The minimum atomic E-state index is -0.322. The summed E-state index contributed by atoms with van der Waals surface area (Å²) >= 11 is 6.46. The largest absolute Gasteiger partial charge is 0.493 e. The van der Waals surface area contributed by atoms with Gasteiger partial charge < -0.3 is 24.8 Å². The summed E-state index contributed by atoms with van der Waals surface area (Å²) in [6, 6.07) is 15.1. The fraction of sp³-hybridized carbons (Fsp3) is 0.214. The highest BCUT2D eigenvalue weighted by atomic mass is 35.5. The van der Waals surface area contributed by atoms with Crippen LogP contribution in [0.4, 0.5) is 15.9 Å². The van der Waals surface area contributed by atoms with Crippen LogP contribution in [0.3, 0.4) is 0 Å². The quantitative estimate of drug-likeness (QED) is 0.0745. The van der Waals surface area contributed by atoms with Crippen LogP contribution in [-0.4, -0.2) is 43.2 Å². The maximum atomic E-state index is 13.4. The number of benzene rings is 3. The van der Waals surface area contributed by atoms with Crippen molar-refractivity contribution < 1.29 is 18.6 Å². The Hall–Kier alpha value is -4.82. The number of methoxy groups -OCH3 is 1. The first-order valence-corrected chi connectivity index (χ1v) is 12.6. The number of ether oxygens (including phenoxy) is 3. The number of aromatic nitrogens is 2. The van der Waals surface area contributed by atoms with Crippen LogP contribution in [0.1, 0.15) is 12.0 Å². The number of rotatable bonds is 11. The number of anilines is 2. The Morgan fingerprint density at radius 2 is 1.95 bits per heavy atom. The summed E-state index contributed by atoms with van der Waals surface area (Å²) in [5, 5.41) is 18.6. The Kier molecular flexibility index (Phi) is 9.74. The molecule has 206 valence electrons. The van der Waals surface area contributed by atoms with E-state index in [1.807, 2.05) is 18.3 Å². The highest BCUT2D eigenvalue weighted by molar-refractivity contribution is 6.32. The Bertz CT molecular complexity index is 1540. The van der Waals surface area contributed by atoms with Gasteiger partial charge in [0.15, 0.2) is 17.7 Å². The van der Waals surface area contributed by atoms with Gasteiger partial charge in [-0.2, -0.15) is 5.26 Å². The lowest BCUT2D eigenvalue weighted by molar-refractivity contribution is 0.290. The summed E-state index contributed by atoms with van der Waals surface area (Å²) in [7, 11) is 3.15. The third kappa shape index (κ3) is 7.39. The standard InChI is InChI=1S/C28H27ClFN7O3/c1-32-28(34-16-31)33-9-4-10-39-26-13-21-23(14-25(26)38-2)35-17-36-27(21)37-20-7-8-24(22(29)12-20)40-15-18-5-3-6-19(30)11-18/h3,5-8,11-14,17H,4,9-10,15H2,1-2H3,(H2,32,33,34)(H,35,36,37). The molecule has 1 heterocycles. The van der Waals surface area contributed by atoms with E-state index in [2.05, 4.69) is 30.9 Å². The first-order chi connectivity index (χ1) is 19.5. The van der Waals surface area contributed by atoms with Crippen molar-refractivity contribution in [1.29, 1.82) is 5.26 Å². The normalized spacial score (nSPS) is 11.0. The number of aliphatic imine (C=N–C) groups is 1. The van der Waals surface area contributed by atoms with E-state index in [-0.39, 0.29) is 12.4 Å². The lowest BCUT2D eigenvalue weighted by Crippen LogP contribution is -2.35. The molecular weight excluding hydrogens is 537 g/mol. The monoisotopic (exact) mass is 563 g/mol. The van der Waals surface area contributed by atoms with Gasteiger partial charge in [-0.25, -0.2) is 14.4 Å². The average molecular weight is 564 g/mol. The molecule has 0 unspecified atom stereocenters. The van der Waals surface area contributed by atoms with Crippen molar-refractivity contribution in [2.24, 2.45) is 4.99 Å². The Labute approximate surface area is 235 Å². The summed E-state index contributed by atoms with van der Waals surface area (Å²) in [4.78, 5) is 12.7. The predicted octanol–water partition coefficient (Wildman–Crippen LogP) is 5.17. The average Bonchev–Trinajstić information content (AvgIpc) is 2.96. The van der Waals surface area contributed by atoms with Gasteiger partial charge in [-0.15, -0.1) is 0 Å². The van der Waals surface area contributed by atoms with Gasteiger partial charge in [0.25, 0.3) is 0 Å². The molecule has 40 heavy (non-hydrogen) atoms. The molecule has 1 aromatic heterocycles. The summed E-state index contributed by atoms with van der Waals surface area (Å²) in [6.45, 7) is 1.13. The van der Waals surface area contributed by atoms with Crippen molar-refractivity contribution in [3.8, 4) is 23.4 Å². The second-order valence-electron chi connectivity index (χ2n) is 8.37. The molecule has 0 aliphatic carbocycles. The van der Waals surface area contributed by atoms with Crippen molar-refractivity contribution in [2.45, 2.75) is 13.0 Å². The molecule has 0 amide bonds. The van der Waals surface area contributed by atoms with Gasteiger partial charge in [-0.05, 0) is 48.4 Å². The van der Waals surface area contributed by atoms with Crippen molar-refractivity contribution in [3.05, 3.63) is 77.3 Å². The minimum absolute atomic E-state index is 0.186. The summed E-state index contributed by atoms with van der Waals surface area (Å²) in [6.07, 6.45) is 3.93. The third-order valence-electron chi connectivity index (χ3n) is 5.67. The first kappa shape index (κ1) is 28.2. The van der Waals surface area contributed by atoms with Gasteiger partial charge in [-0.3, -0.25) is 10.3 Å². The molecule has 0 spiro atoms. The van der Waals surface area contributed by atoms with E-state index in [1.165, 1.54) is 18.5 Å². The Morgan fingerprint density at radius 1 is 1.07 bits per heavy atom. The van der Waals surface area contributed by atoms with E-state index in [1.54, 1.807) is 44.5 Å². The molecule has 0 atom stereocenters. The van der Waals surface area contributed by atoms with Gasteiger partial charge in [0.05, 0.1) is 24.3 Å². The fourth-order valence-electron chi connectivity index (χ4n) is 3.75. The molecule has 3 N–H and O–H groups in total. The van der Waals surface area contributed by atoms with Crippen LogP contribution >= 0.6 is 11.6 Å². The highest BCUT2D eigenvalue weighted by Gasteiger charge is 2.13. The van der Waals surface area contributed by atoms with Gasteiger partial charge in [-0.1, -0.05) is 23.7 Å². The Morgan fingerprint density at radius 3 is 2.70 bits per heavy atom. The second kappa shape index (κ2) is 13.8. The lowest BCUT2D eigenvalue weighted by atomic mass is 10.2. The number of halogens is 2. The number of nitrogens with zero attached hydrogens (tertiary/aromatic N) is 4. The number of hydrogen-bond donors (Lipinski definition) is 3. The molecule has 4 aromatic rings. The van der Waals surface area contributed by atoms with Gasteiger partial charge >= 0.3 is 0 Å². The molecule has 0 aliphatic heterocycles. The summed E-state index contributed by atoms with van der Waals surface area (Å²) in [5.41, 5.74) is 2.05. The molecule has 4 rings (SSSR count). The van der Waals surface area contributed by atoms with E-state index in [0.717, 1.165) is 5.39 Å². The van der Waals surface area contributed by atoms with Gasteiger partial charge in [0.1, 0.15) is 30.3 Å². The van der Waals surface area contributed by atoms with Crippen LogP contribution in [0.25, 0.3) is 10.9 Å². The summed E-state index contributed by atoms with van der Waals surface area (Å²) in [5.74, 6) is 2.16. The molecule has 0 aliphatic rings. The summed E-state index contributed by atoms with van der Waals surface area (Å²) < 4.78 is 30.7. The van der Waals surface area contributed by atoms with Crippen molar-refractivity contribution in [1.82, 2.24) is 20.6 Å². The van der Waals surface area contributed by atoms with Gasteiger partial charge in [0.2, 0.25) is 5.96 Å². The molecule has 0 fully saturated rings. The Balaban J connectivity index is 1.45. The zero-order chi connectivity index (χ0) is 28.3. The van der Waals surface area contributed by atoms with Crippen LogP contribution in [0.5, 0.6) is 17.2 Å². The van der Waals surface area contributed by atoms with E-state index in [0.29, 0.717) is 70.4 Å². The third-order valence-corrected chi connectivity index (χ3v) is 5.96. The molecule has 10 nitrogen and oxygen atoms in total. The number of fused-ring (bicyclic) bond motifs is 1. The topological polar surface area (TPSA) is 126 Å².